The van der Waals surface area contributed by atoms with Crippen LogP contribution in [-0.2, 0) is 0 Å². The molecule has 0 radical (unpaired) electrons. The molecule has 0 bridgehead atoms. The van der Waals surface area contributed by atoms with Crippen molar-refractivity contribution in [3.05, 3.63) is 106 Å². The summed E-state index contributed by atoms with van der Waals surface area (Å²) in [6, 6.07) is 15.0. The lowest BCUT2D eigenvalue weighted by Crippen LogP contribution is -2.26. The van der Waals surface area contributed by atoms with Crippen LogP contribution in [0.15, 0.2) is 78.0 Å². The molecular formula is C31H30F2N6O2. The summed E-state index contributed by atoms with van der Waals surface area (Å²) in [5.41, 5.74) is 9.04. The van der Waals surface area contributed by atoms with Crippen LogP contribution in [0.25, 0.3) is 22.3 Å². The highest BCUT2D eigenvalue weighted by Gasteiger charge is 2.26. The molecule has 6 rings (SSSR count). The second-order valence-electron chi connectivity index (χ2n) is 10.7. The van der Waals surface area contributed by atoms with Crippen LogP contribution in [0, 0.1) is 17.6 Å². The summed E-state index contributed by atoms with van der Waals surface area (Å²) in [6.45, 7) is 2.26. The molecule has 1 aliphatic carbocycles. The molecule has 3 aromatic heterocycles. The van der Waals surface area contributed by atoms with Crippen molar-refractivity contribution in [2.24, 2.45) is 5.92 Å². The summed E-state index contributed by atoms with van der Waals surface area (Å²) in [5, 5.41) is 18.1. The smallest absolute Gasteiger partial charge is 0.262 e. The van der Waals surface area contributed by atoms with E-state index in [4.69, 9.17) is 5.73 Å². The average Bonchev–Trinajstić information content (AvgIpc) is 3.35. The van der Waals surface area contributed by atoms with Crippen molar-refractivity contribution in [2.45, 2.75) is 44.8 Å². The summed E-state index contributed by atoms with van der Waals surface area (Å²) >= 11 is 0. The number of benzene rings is 2. The Morgan fingerprint density at radius 1 is 1.02 bits per heavy atom. The zero-order chi connectivity index (χ0) is 28.7. The molecular weight excluding hydrogens is 526 g/mol. The fourth-order valence-corrected chi connectivity index (χ4v) is 5.73. The first-order valence-electron chi connectivity index (χ1n) is 13.6. The van der Waals surface area contributed by atoms with E-state index < -0.39 is 23.4 Å². The summed E-state index contributed by atoms with van der Waals surface area (Å²) in [4.78, 5) is 17.2. The van der Waals surface area contributed by atoms with Gasteiger partial charge in [-0.15, -0.1) is 0 Å². The number of nitrogen functional groups attached to an aromatic ring is 1. The number of hydrogen-bond donors (Lipinski definition) is 3. The fraction of sp³-hybridized carbons (Fsp3) is 0.258. The number of nitrogens with two attached hydrogens (primary N) is 1. The highest BCUT2D eigenvalue weighted by atomic mass is 19.1. The predicted molar refractivity (Wildman–Crippen MR) is 154 cm³/mol. The molecule has 1 atom stereocenters. The minimum atomic E-state index is -1.42. The molecule has 1 fully saturated rings. The van der Waals surface area contributed by atoms with Gasteiger partial charge in [-0.1, -0.05) is 19.8 Å². The van der Waals surface area contributed by atoms with Crippen molar-refractivity contribution in [1.82, 2.24) is 19.2 Å². The quantitative estimate of drug-likeness (QED) is 0.228. The number of aliphatic hydroxyl groups excluding tert-OH is 1. The molecule has 0 spiro atoms. The Bertz CT molecular complexity index is 1770. The summed E-state index contributed by atoms with van der Waals surface area (Å²) in [7, 11) is 0. The van der Waals surface area contributed by atoms with E-state index in [1.807, 2.05) is 6.07 Å². The van der Waals surface area contributed by atoms with Gasteiger partial charge in [0.1, 0.15) is 23.5 Å². The maximum atomic E-state index is 15.6. The number of nitrogens with one attached hydrogen (secondary N) is 1. The number of aliphatic hydroxyl groups is 1. The number of halogens is 2. The second kappa shape index (κ2) is 10.8. The van der Waals surface area contributed by atoms with Crippen molar-refractivity contribution in [2.75, 3.05) is 11.1 Å². The minimum Gasteiger partial charge on any atom is -0.382 e. The molecule has 2 aromatic carbocycles. The van der Waals surface area contributed by atoms with E-state index >= 15 is 4.39 Å². The summed E-state index contributed by atoms with van der Waals surface area (Å²) < 4.78 is 32.1. The van der Waals surface area contributed by atoms with Crippen LogP contribution in [0.4, 0.5) is 20.3 Å². The van der Waals surface area contributed by atoms with Gasteiger partial charge < -0.3 is 16.2 Å². The van der Waals surface area contributed by atoms with Gasteiger partial charge in [0.15, 0.2) is 12.0 Å². The predicted octanol–water partition coefficient (Wildman–Crippen LogP) is 5.80. The maximum absolute atomic E-state index is 15.6. The largest absolute Gasteiger partial charge is 0.382 e. The molecule has 210 valence electrons. The number of nitrogens with zero attached hydrogens (tertiary/aromatic N) is 4. The number of fused-ring (bicyclic) bond motifs is 1. The third-order valence-corrected chi connectivity index (χ3v) is 7.98. The Labute approximate surface area is 235 Å². The Morgan fingerprint density at radius 3 is 2.51 bits per heavy atom. The van der Waals surface area contributed by atoms with Crippen molar-refractivity contribution in [1.29, 1.82) is 0 Å². The van der Waals surface area contributed by atoms with Crippen LogP contribution in [-0.4, -0.2) is 24.3 Å². The molecule has 1 unspecified atom stereocenters. The van der Waals surface area contributed by atoms with Gasteiger partial charge in [0, 0.05) is 40.3 Å². The van der Waals surface area contributed by atoms with E-state index in [0.29, 0.717) is 34.2 Å². The Morgan fingerprint density at radius 2 is 1.78 bits per heavy atom. The molecule has 0 amide bonds. The van der Waals surface area contributed by atoms with Gasteiger partial charge >= 0.3 is 0 Å². The molecule has 1 saturated carbocycles. The SMILES string of the molecule is C[C@H]1CC[C@H](c2cc(-c3ccc(NC(O)c4cccn(-c5ccc(F)cc5)c4=O)cc3F)c3c(N)ncnn32)CC1. The third-order valence-electron chi connectivity index (χ3n) is 7.98. The van der Waals surface area contributed by atoms with Gasteiger partial charge in [-0.25, -0.2) is 18.3 Å². The van der Waals surface area contributed by atoms with E-state index in [0.717, 1.165) is 31.4 Å². The molecule has 5 aromatic rings. The third kappa shape index (κ3) is 5.06. The number of anilines is 2. The van der Waals surface area contributed by atoms with E-state index in [2.05, 4.69) is 22.3 Å². The molecule has 1 aliphatic rings. The van der Waals surface area contributed by atoms with Gasteiger partial charge in [-0.2, -0.15) is 5.10 Å². The molecule has 4 N–H and O–H groups in total. The van der Waals surface area contributed by atoms with Crippen LogP contribution in [0.1, 0.15) is 56.0 Å². The fourth-order valence-electron chi connectivity index (χ4n) is 5.73. The molecule has 41 heavy (non-hydrogen) atoms. The van der Waals surface area contributed by atoms with Gasteiger partial charge in [0.25, 0.3) is 5.56 Å². The zero-order valence-corrected chi connectivity index (χ0v) is 22.5. The normalized spacial score (nSPS) is 18.0. The number of rotatable bonds is 6. The second-order valence-corrected chi connectivity index (χ2v) is 10.7. The molecule has 10 heteroatoms. The van der Waals surface area contributed by atoms with Gasteiger partial charge in [-0.3, -0.25) is 9.36 Å². The number of pyridine rings is 1. The number of aromatic nitrogens is 4. The van der Waals surface area contributed by atoms with Crippen molar-refractivity contribution >= 4 is 17.0 Å². The monoisotopic (exact) mass is 556 g/mol. The van der Waals surface area contributed by atoms with Gasteiger partial charge in [0.2, 0.25) is 0 Å². The molecule has 3 heterocycles. The molecule has 0 aliphatic heterocycles. The van der Waals surface area contributed by atoms with Crippen molar-refractivity contribution in [3.63, 3.8) is 0 Å². The lowest BCUT2D eigenvalue weighted by atomic mass is 9.81. The van der Waals surface area contributed by atoms with E-state index in [1.165, 1.54) is 53.5 Å². The first-order valence-corrected chi connectivity index (χ1v) is 13.6. The van der Waals surface area contributed by atoms with E-state index in [9.17, 15) is 14.3 Å². The van der Waals surface area contributed by atoms with Crippen LogP contribution in [0.2, 0.25) is 0 Å². The lowest BCUT2D eigenvalue weighted by Gasteiger charge is -2.25. The van der Waals surface area contributed by atoms with Crippen LogP contribution >= 0.6 is 0 Å². The molecule has 8 nitrogen and oxygen atoms in total. The Hall–Kier alpha value is -4.57. The van der Waals surface area contributed by atoms with Crippen LogP contribution in [0.3, 0.4) is 0 Å². The van der Waals surface area contributed by atoms with E-state index in [1.54, 1.807) is 22.7 Å². The Kier molecular flexibility index (Phi) is 7.00. The minimum absolute atomic E-state index is 0.0519. The van der Waals surface area contributed by atoms with Gasteiger partial charge in [-0.05, 0) is 79.4 Å². The first kappa shape index (κ1) is 26.6. The van der Waals surface area contributed by atoms with Crippen molar-refractivity contribution < 1.29 is 13.9 Å². The molecule has 0 saturated heterocycles. The van der Waals surface area contributed by atoms with E-state index in [-0.39, 0.29) is 17.1 Å². The lowest BCUT2D eigenvalue weighted by molar-refractivity contribution is 0.206. The highest BCUT2D eigenvalue weighted by Crippen LogP contribution is 2.40. The average molecular weight is 557 g/mol. The van der Waals surface area contributed by atoms with Crippen LogP contribution in [0.5, 0.6) is 0 Å². The summed E-state index contributed by atoms with van der Waals surface area (Å²) in [6.07, 6.45) is 5.84. The van der Waals surface area contributed by atoms with Gasteiger partial charge in [0.05, 0.1) is 5.56 Å². The standard InChI is InChI=1S/C31H30F2N6O2/c1-18-4-6-19(7-5-18)27-16-25(28-29(34)35-17-36-39(27)28)23-13-10-21(15-26(23)33)37-30(40)24-3-2-14-38(31(24)41)22-11-8-20(32)9-12-22/h2-3,8-19,30,37,40H,4-7H2,1H3,(H2,34,35,36)/t18-,19-,30?. The highest BCUT2D eigenvalue weighted by molar-refractivity contribution is 5.89. The zero-order valence-electron chi connectivity index (χ0n) is 22.5. The summed E-state index contributed by atoms with van der Waals surface area (Å²) in [5.74, 6) is 0.299. The first-order chi connectivity index (χ1) is 19.8. The van der Waals surface area contributed by atoms with Crippen molar-refractivity contribution in [3.8, 4) is 16.8 Å². The Balaban J connectivity index is 1.30. The topological polar surface area (TPSA) is 110 Å². The maximum Gasteiger partial charge on any atom is 0.262 e. The number of hydrogen-bond acceptors (Lipinski definition) is 6. The van der Waals surface area contributed by atoms with Crippen LogP contribution < -0.4 is 16.6 Å².